The predicted octanol–water partition coefficient (Wildman–Crippen LogP) is 2.11. The number of hydrogen-bond donors (Lipinski definition) is 0. The van der Waals surface area contributed by atoms with Gasteiger partial charge in [0.25, 0.3) is 0 Å². The molecule has 0 spiro atoms. The van der Waals surface area contributed by atoms with Crippen molar-refractivity contribution in [2.75, 3.05) is 40.6 Å². The highest BCUT2D eigenvalue weighted by molar-refractivity contribution is 9.11. The number of halogens is 1. The molecule has 2 unspecified atom stereocenters. The van der Waals surface area contributed by atoms with Crippen molar-refractivity contribution in [3.05, 3.63) is 22.4 Å². The molecule has 0 heterocycles. The molecule has 0 amide bonds. The van der Waals surface area contributed by atoms with Gasteiger partial charge in [-0.05, 0) is 28.1 Å². The van der Waals surface area contributed by atoms with Crippen LogP contribution in [0.15, 0.2) is 22.4 Å². The van der Waals surface area contributed by atoms with Crippen molar-refractivity contribution in [3.63, 3.8) is 0 Å². The normalized spacial score (nSPS) is 22.4. The molecule has 1 aliphatic rings. The molecule has 0 bridgehead atoms. The summed E-state index contributed by atoms with van der Waals surface area (Å²) in [4.78, 5) is 0. The topological polar surface area (TPSA) is 36.9 Å². The number of rotatable bonds is 8. The third-order valence-corrected chi connectivity index (χ3v) is 3.22. The van der Waals surface area contributed by atoms with Gasteiger partial charge in [0, 0.05) is 14.2 Å². The van der Waals surface area contributed by atoms with Crippen LogP contribution in [0, 0.1) is 18.3 Å². The third kappa shape index (κ3) is 5.37. The van der Waals surface area contributed by atoms with E-state index in [0.717, 1.165) is 10.2 Å². The van der Waals surface area contributed by atoms with Crippen LogP contribution in [-0.4, -0.2) is 46.8 Å². The Kier molecular flexibility index (Phi) is 7.84. The maximum atomic E-state index is 5.67. The van der Waals surface area contributed by atoms with Gasteiger partial charge in [0.2, 0.25) is 0 Å². The fourth-order valence-electron chi connectivity index (χ4n) is 1.58. The van der Waals surface area contributed by atoms with Crippen molar-refractivity contribution in [1.82, 2.24) is 0 Å². The minimum Gasteiger partial charge on any atom is -0.490 e. The minimum absolute atomic E-state index is 0.143. The fraction of sp³-hybridized carbons (Fsp3) is 0.571. The van der Waals surface area contributed by atoms with Crippen molar-refractivity contribution >= 4 is 15.9 Å². The molecule has 0 saturated heterocycles. The molecule has 0 aromatic rings. The average Bonchev–Trinajstić information content (AvgIpc) is 2.41. The summed E-state index contributed by atoms with van der Waals surface area (Å²) in [6.07, 6.45) is 9.17. The number of methoxy groups -OCH3 is 2. The van der Waals surface area contributed by atoms with Gasteiger partial charge in [0.1, 0.15) is 12.4 Å². The molecule has 0 radical (unpaired) electrons. The lowest BCUT2D eigenvalue weighted by molar-refractivity contribution is 0.0278. The van der Waals surface area contributed by atoms with E-state index in [4.69, 9.17) is 25.4 Å². The second-order valence-corrected chi connectivity index (χ2v) is 4.76. The van der Waals surface area contributed by atoms with Crippen LogP contribution in [0.5, 0.6) is 0 Å². The molecule has 0 aromatic carbocycles. The molecule has 19 heavy (non-hydrogen) atoms. The zero-order valence-electron chi connectivity index (χ0n) is 11.2. The van der Waals surface area contributed by atoms with Gasteiger partial charge < -0.3 is 18.9 Å². The zero-order valence-corrected chi connectivity index (χ0v) is 12.8. The summed E-state index contributed by atoms with van der Waals surface area (Å²) in [7, 11) is 3.27. The molecule has 1 aliphatic carbocycles. The second kappa shape index (κ2) is 9.16. The lowest BCUT2D eigenvalue weighted by Gasteiger charge is -2.24. The Balaban J connectivity index is 2.59. The maximum absolute atomic E-state index is 5.67. The van der Waals surface area contributed by atoms with Gasteiger partial charge in [-0.1, -0.05) is 5.92 Å². The van der Waals surface area contributed by atoms with Crippen LogP contribution >= 0.6 is 15.9 Å². The fourth-order valence-corrected chi connectivity index (χ4v) is 2.09. The smallest absolute Gasteiger partial charge is 0.130 e. The van der Waals surface area contributed by atoms with Gasteiger partial charge in [-0.25, -0.2) is 0 Å². The van der Waals surface area contributed by atoms with Gasteiger partial charge >= 0.3 is 0 Å². The Morgan fingerprint density at radius 1 is 1.16 bits per heavy atom. The van der Waals surface area contributed by atoms with E-state index in [1.54, 1.807) is 14.2 Å². The van der Waals surface area contributed by atoms with Gasteiger partial charge in [0.15, 0.2) is 0 Å². The van der Waals surface area contributed by atoms with Crippen LogP contribution in [0.3, 0.4) is 0 Å². The third-order valence-electron chi connectivity index (χ3n) is 2.57. The molecule has 0 N–H and O–H groups in total. The largest absolute Gasteiger partial charge is 0.490 e. The lowest BCUT2D eigenvalue weighted by atomic mass is 9.97. The van der Waals surface area contributed by atoms with E-state index in [9.17, 15) is 0 Å². The molecule has 0 saturated carbocycles. The Morgan fingerprint density at radius 3 is 2.47 bits per heavy atom. The van der Waals surface area contributed by atoms with Crippen LogP contribution < -0.4 is 0 Å². The van der Waals surface area contributed by atoms with E-state index in [0.29, 0.717) is 26.4 Å². The SMILES string of the molecule is C#CC1C=C(OCCOC)C(Br)=CC1OCCOC. The highest BCUT2D eigenvalue weighted by atomic mass is 79.9. The summed E-state index contributed by atoms with van der Waals surface area (Å²) in [6.45, 7) is 2.06. The molecule has 4 nitrogen and oxygen atoms in total. The Bertz CT molecular complexity index is 370. The summed E-state index contributed by atoms with van der Waals surface area (Å²) in [5, 5.41) is 0. The molecule has 106 valence electrons. The molecule has 2 atom stereocenters. The van der Waals surface area contributed by atoms with Crippen molar-refractivity contribution in [2.45, 2.75) is 6.10 Å². The van der Waals surface area contributed by atoms with Crippen LogP contribution in [0.2, 0.25) is 0 Å². The second-order valence-electron chi connectivity index (χ2n) is 3.91. The van der Waals surface area contributed by atoms with E-state index in [1.165, 1.54) is 0 Å². The molecule has 0 aliphatic heterocycles. The Labute approximate surface area is 122 Å². The summed E-state index contributed by atoms with van der Waals surface area (Å²) in [5.41, 5.74) is 0. The first-order valence-electron chi connectivity index (χ1n) is 6.00. The first-order valence-corrected chi connectivity index (χ1v) is 6.80. The van der Waals surface area contributed by atoms with Gasteiger partial charge in [0.05, 0.1) is 36.3 Å². The Hall–Kier alpha value is -0.800. The van der Waals surface area contributed by atoms with E-state index in [2.05, 4.69) is 21.9 Å². The first kappa shape index (κ1) is 16.3. The molecule has 1 rings (SSSR count). The molecule has 0 aromatic heterocycles. The highest BCUT2D eigenvalue weighted by Gasteiger charge is 2.24. The summed E-state index contributed by atoms with van der Waals surface area (Å²) >= 11 is 3.46. The maximum Gasteiger partial charge on any atom is 0.130 e. The number of terminal acetylenes is 1. The van der Waals surface area contributed by atoms with E-state index in [-0.39, 0.29) is 12.0 Å². The Morgan fingerprint density at radius 2 is 1.84 bits per heavy atom. The summed E-state index contributed by atoms with van der Waals surface area (Å²) in [6, 6.07) is 0. The monoisotopic (exact) mass is 330 g/mol. The van der Waals surface area contributed by atoms with Gasteiger partial charge in [-0.2, -0.15) is 0 Å². The molecular formula is C14H19BrO4. The van der Waals surface area contributed by atoms with Crippen LogP contribution in [0.1, 0.15) is 0 Å². The standard InChI is InChI=1S/C14H19BrO4/c1-4-11-9-14(19-8-6-17-3)12(15)10-13(11)18-7-5-16-2/h1,9-11,13H,5-8H2,2-3H3. The van der Waals surface area contributed by atoms with E-state index >= 15 is 0 Å². The minimum atomic E-state index is -0.163. The molecule has 5 heteroatoms. The lowest BCUT2D eigenvalue weighted by Crippen LogP contribution is -2.25. The van der Waals surface area contributed by atoms with Crippen molar-refractivity contribution in [2.24, 2.45) is 5.92 Å². The average molecular weight is 331 g/mol. The van der Waals surface area contributed by atoms with Gasteiger partial charge in [-0.3, -0.25) is 0 Å². The van der Waals surface area contributed by atoms with E-state index < -0.39 is 0 Å². The number of hydrogen-bond acceptors (Lipinski definition) is 4. The molecule has 0 fully saturated rings. The predicted molar refractivity (Wildman–Crippen MR) is 76.9 cm³/mol. The van der Waals surface area contributed by atoms with Crippen LogP contribution in [0.4, 0.5) is 0 Å². The first-order chi connectivity index (χ1) is 9.22. The quantitative estimate of drug-likeness (QED) is 0.504. The van der Waals surface area contributed by atoms with E-state index in [1.807, 2.05) is 12.2 Å². The zero-order chi connectivity index (χ0) is 14.1. The highest BCUT2D eigenvalue weighted by Crippen LogP contribution is 2.29. The van der Waals surface area contributed by atoms with Crippen LogP contribution in [0.25, 0.3) is 0 Å². The number of ether oxygens (including phenoxy) is 4. The summed E-state index contributed by atoms with van der Waals surface area (Å²) < 4.78 is 22.0. The van der Waals surface area contributed by atoms with Crippen molar-refractivity contribution in [1.29, 1.82) is 0 Å². The van der Waals surface area contributed by atoms with Crippen molar-refractivity contribution < 1.29 is 18.9 Å². The van der Waals surface area contributed by atoms with Gasteiger partial charge in [-0.15, -0.1) is 6.42 Å². The summed E-state index contributed by atoms with van der Waals surface area (Å²) in [5.74, 6) is 3.29. The number of allylic oxidation sites excluding steroid dienone is 1. The van der Waals surface area contributed by atoms with Crippen LogP contribution in [-0.2, 0) is 18.9 Å². The van der Waals surface area contributed by atoms with Crippen molar-refractivity contribution in [3.8, 4) is 12.3 Å². The molecular weight excluding hydrogens is 312 g/mol.